The van der Waals surface area contributed by atoms with E-state index in [1.165, 1.54) is 63.4 Å². The van der Waals surface area contributed by atoms with E-state index in [4.69, 9.17) is 5.73 Å². The first kappa shape index (κ1) is 30.1. The highest BCUT2D eigenvalue weighted by molar-refractivity contribution is 5.14. The molecular formula is C28H55N3. The van der Waals surface area contributed by atoms with Gasteiger partial charge in [0.1, 0.15) is 0 Å². The Kier molecular flexibility index (Phi) is 18.1. The average Bonchev–Trinajstić information content (AvgIpc) is 3.21. The normalized spacial score (nSPS) is 17.1. The topological polar surface area (TPSA) is 32.5 Å². The van der Waals surface area contributed by atoms with Gasteiger partial charge in [0.2, 0.25) is 0 Å². The average molecular weight is 434 g/mol. The molecule has 2 fully saturated rings. The summed E-state index contributed by atoms with van der Waals surface area (Å²) < 4.78 is 0. The zero-order valence-corrected chi connectivity index (χ0v) is 22.2. The highest BCUT2D eigenvalue weighted by atomic mass is 15.1. The highest BCUT2D eigenvalue weighted by Gasteiger charge is 2.07. The van der Waals surface area contributed by atoms with Crippen LogP contribution >= 0.6 is 0 Å². The van der Waals surface area contributed by atoms with Crippen molar-refractivity contribution in [2.45, 2.75) is 117 Å². The molecule has 1 aromatic rings. The quantitative estimate of drug-likeness (QED) is 0.557. The van der Waals surface area contributed by atoms with E-state index in [0.717, 1.165) is 12.5 Å². The van der Waals surface area contributed by atoms with Crippen LogP contribution in [0.25, 0.3) is 0 Å². The summed E-state index contributed by atoms with van der Waals surface area (Å²) in [7, 11) is 6.30. The molecule has 0 unspecified atom stereocenters. The van der Waals surface area contributed by atoms with Gasteiger partial charge in [-0.15, -0.1) is 0 Å². The van der Waals surface area contributed by atoms with Crippen LogP contribution < -0.4 is 5.73 Å². The number of nitrogens with zero attached hydrogens (tertiary/aromatic N) is 2. The first-order valence-corrected chi connectivity index (χ1v) is 12.8. The maximum Gasteiger partial charge on any atom is 0.0233 e. The summed E-state index contributed by atoms with van der Waals surface area (Å²) in [5.74, 6) is 1.05. The fourth-order valence-electron chi connectivity index (χ4n) is 3.32. The van der Waals surface area contributed by atoms with Gasteiger partial charge in [-0.3, -0.25) is 4.90 Å². The third kappa shape index (κ3) is 18.4. The van der Waals surface area contributed by atoms with Crippen LogP contribution in [0, 0.1) is 5.92 Å². The van der Waals surface area contributed by atoms with E-state index < -0.39 is 0 Å². The van der Waals surface area contributed by atoms with E-state index in [0.29, 0.717) is 18.1 Å². The maximum absolute atomic E-state index is 5.63. The number of benzene rings is 1. The number of hydrogen-bond acceptors (Lipinski definition) is 3. The Balaban J connectivity index is 0.000000409. The Hall–Kier alpha value is -0.900. The third-order valence-corrected chi connectivity index (χ3v) is 6.48. The van der Waals surface area contributed by atoms with Crippen molar-refractivity contribution in [1.82, 2.24) is 9.80 Å². The molecule has 0 amide bonds. The lowest BCUT2D eigenvalue weighted by atomic mass is 9.97. The lowest BCUT2D eigenvalue weighted by Crippen LogP contribution is -2.25. The molecule has 1 aromatic carbocycles. The second-order valence-corrected chi connectivity index (χ2v) is 10.3. The Labute approximate surface area is 195 Å². The van der Waals surface area contributed by atoms with Crippen LogP contribution in [0.2, 0.25) is 0 Å². The van der Waals surface area contributed by atoms with Crippen molar-refractivity contribution in [2.75, 3.05) is 21.1 Å². The summed E-state index contributed by atoms with van der Waals surface area (Å²) in [5.41, 5.74) is 7.02. The summed E-state index contributed by atoms with van der Waals surface area (Å²) in [6.45, 7) is 12.1. The van der Waals surface area contributed by atoms with Crippen molar-refractivity contribution in [1.29, 1.82) is 0 Å². The minimum atomic E-state index is 0.536. The first-order chi connectivity index (χ1) is 14.6. The molecule has 3 heteroatoms. The Morgan fingerprint density at radius 3 is 1.52 bits per heavy atom. The summed E-state index contributed by atoms with van der Waals surface area (Å²) >= 11 is 0. The fourth-order valence-corrected chi connectivity index (χ4v) is 3.32. The molecule has 2 aliphatic carbocycles. The van der Waals surface area contributed by atoms with E-state index >= 15 is 0 Å². The number of rotatable bonds is 4. The van der Waals surface area contributed by atoms with E-state index in [9.17, 15) is 0 Å². The summed E-state index contributed by atoms with van der Waals surface area (Å²) in [6, 6.07) is 12.4. The number of hydrogen-bond donors (Lipinski definition) is 1. The Morgan fingerprint density at radius 1 is 0.774 bits per heavy atom. The molecule has 31 heavy (non-hydrogen) atoms. The molecule has 2 aliphatic rings. The fraction of sp³-hybridized carbons (Fsp3) is 0.786. The second kappa shape index (κ2) is 18.7. The van der Waals surface area contributed by atoms with Crippen molar-refractivity contribution < 1.29 is 0 Å². The van der Waals surface area contributed by atoms with Crippen LogP contribution in [0.4, 0.5) is 0 Å². The summed E-state index contributed by atoms with van der Waals surface area (Å²) in [5, 5.41) is 0. The minimum absolute atomic E-state index is 0.536. The van der Waals surface area contributed by atoms with Crippen LogP contribution in [0.1, 0.15) is 98.0 Å². The standard InChI is InChI=1S/C11H17N.C6H13N.C6H12.C5H13N/c1-10(2)12(3)9-11-7-5-4-6-8-11;7-6-4-2-1-3-5-6;1-6-4-2-3-5-6;1-5(2)6(3)4/h4-8,10H,9H2,1-3H3;6H,1-5,7H2;6H,2-5H2,1H3;5H,1-4H3. The zero-order valence-electron chi connectivity index (χ0n) is 22.2. The summed E-state index contributed by atoms with van der Waals surface area (Å²) in [6.07, 6.45) is 12.6. The van der Waals surface area contributed by atoms with Crippen LogP contribution in [0.3, 0.4) is 0 Å². The van der Waals surface area contributed by atoms with Crippen molar-refractivity contribution in [2.24, 2.45) is 11.7 Å². The van der Waals surface area contributed by atoms with Gasteiger partial charge in [-0.05, 0) is 73.2 Å². The maximum atomic E-state index is 5.63. The molecule has 2 saturated carbocycles. The van der Waals surface area contributed by atoms with Gasteiger partial charge in [0.25, 0.3) is 0 Å². The van der Waals surface area contributed by atoms with Crippen molar-refractivity contribution >= 4 is 0 Å². The molecule has 0 bridgehead atoms. The van der Waals surface area contributed by atoms with Crippen molar-refractivity contribution in [3.63, 3.8) is 0 Å². The molecule has 182 valence electrons. The zero-order chi connectivity index (χ0) is 23.6. The lowest BCUT2D eigenvalue weighted by molar-refractivity contribution is 0.266. The van der Waals surface area contributed by atoms with Crippen LogP contribution in [-0.2, 0) is 6.54 Å². The van der Waals surface area contributed by atoms with Crippen LogP contribution in [0.5, 0.6) is 0 Å². The van der Waals surface area contributed by atoms with Crippen LogP contribution in [0.15, 0.2) is 30.3 Å². The SMILES string of the molecule is CC(C)N(C)C.CC(C)N(C)Cc1ccccc1.CC1CCCC1.NC1CCCCC1. The van der Waals surface area contributed by atoms with Gasteiger partial charge in [0.05, 0.1) is 0 Å². The molecular weight excluding hydrogens is 378 g/mol. The Morgan fingerprint density at radius 2 is 1.23 bits per heavy atom. The predicted molar refractivity (Wildman–Crippen MR) is 141 cm³/mol. The third-order valence-electron chi connectivity index (χ3n) is 6.48. The van der Waals surface area contributed by atoms with Crippen molar-refractivity contribution in [3.05, 3.63) is 35.9 Å². The summed E-state index contributed by atoms with van der Waals surface area (Å²) in [4.78, 5) is 4.50. The van der Waals surface area contributed by atoms with E-state index in [2.05, 4.69) is 95.9 Å². The van der Waals surface area contributed by atoms with E-state index in [-0.39, 0.29) is 0 Å². The largest absolute Gasteiger partial charge is 0.328 e. The van der Waals surface area contributed by atoms with Gasteiger partial charge >= 0.3 is 0 Å². The molecule has 0 saturated heterocycles. The molecule has 0 radical (unpaired) electrons. The molecule has 0 spiro atoms. The predicted octanol–water partition coefficient (Wildman–Crippen LogP) is 6.96. The van der Waals surface area contributed by atoms with Gasteiger partial charge < -0.3 is 10.6 Å². The first-order valence-electron chi connectivity index (χ1n) is 12.8. The molecule has 0 aliphatic heterocycles. The molecule has 0 aromatic heterocycles. The van der Waals surface area contributed by atoms with Gasteiger partial charge in [0, 0.05) is 24.7 Å². The van der Waals surface area contributed by atoms with Crippen LogP contribution in [-0.4, -0.2) is 49.1 Å². The molecule has 2 N–H and O–H groups in total. The molecule has 0 heterocycles. The minimum Gasteiger partial charge on any atom is -0.328 e. The smallest absolute Gasteiger partial charge is 0.0233 e. The molecule has 0 atom stereocenters. The number of nitrogens with two attached hydrogens (primary N) is 1. The molecule has 3 nitrogen and oxygen atoms in total. The van der Waals surface area contributed by atoms with Gasteiger partial charge in [-0.2, -0.15) is 0 Å². The van der Waals surface area contributed by atoms with E-state index in [1.54, 1.807) is 0 Å². The van der Waals surface area contributed by atoms with Gasteiger partial charge in [-0.1, -0.05) is 82.2 Å². The highest BCUT2D eigenvalue weighted by Crippen LogP contribution is 2.23. The lowest BCUT2D eigenvalue weighted by Gasteiger charge is -2.20. The van der Waals surface area contributed by atoms with Gasteiger partial charge in [0.15, 0.2) is 0 Å². The Bertz CT molecular complexity index is 480. The van der Waals surface area contributed by atoms with Crippen molar-refractivity contribution in [3.8, 4) is 0 Å². The second-order valence-electron chi connectivity index (χ2n) is 10.3. The van der Waals surface area contributed by atoms with E-state index in [1.807, 2.05) is 0 Å². The molecule has 3 rings (SSSR count). The monoisotopic (exact) mass is 433 g/mol. The van der Waals surface area contributed by atoms with Gasteiger partial charge in [-0.25, -0.2) is 0 Å².